The molecule has 2 unspecified atom stereocenters. The number of halogens is 2. The third-order valence-corrected chi connectivity index (χ3v) is 4.10. The molecule has 1 saturated carbocycles. The molecule has 0 bridgehead atoms. The lowest BCUT2D eigenvalue weighted by atomic mass is 10.0. The third kappa shape index (κ3) is 4.12. The van der Waals surface area contributed by atoms with Gasteiger partial charge in [-0.25, -0.2) is 8.78 Å². The first-order chi connectivity index (χ1) is 9.97. The van der Waals surface area contributed by atoms with Crippen molar-refractivity contribution in [3.63, 3.8) is 0 Å². The first-order valence-corrected chi connectivity index (χ1v) is 7.30. The molecule has 0 saturated heterocycles. The Balaban J connectivity index is 2.16. The lowest BCUT2D eigenvalue weighted by Crippen LogP contribution is -2.19. The van der Waals surface area contributed by atoms with E-state index in [1.54, 1.807) is 0 Å². The van der Waals surface area contributed by atoms with Crippen LogP contribution in [0.3, 0.4) is 0 Å². The van der Waals surface area contributed by atoms with Gasteiger partial charge in [0, 0.05) is 29.4 Å². The van der Waals surface area contributed by atoms with Crippen LogP contribution in [0, 0.1) is 16.0 Å². The largest absolute Gasteiger partial charge is 0.382 e. The quantitative estimate of drug-likeness (QED) is 0.488. The summed E-state index contributed by atoms with van der Waals surface area (Å²) in [7, 11) is 0. The summed E-state index contributed by atoms with van der Waals surface area (Å²) in [6.45, 7) is 2.21. The Bertz CT molecular complexity index is 508. The van der Waals surface area contributed by atoms with Crippen LogP contribution in [0.5, 0.6) is 0 Å². The van der Waals surface area contributed by atoms with Gasteiger partial charge in [-0.2, -0.15) is 0 Å². The fourth-order valence-corrected chi connectivity index (χ4v) is 2.83. The van der Waals surface area contributed by atoms with Gasteiger partial charge in [-0.3, -0.25) is 10.1 Å². The first-order valence-electron chi connectivity index (χ1n) is 7.30. The minimum Gasteiger partial charge on any atom is -0.382 e. The Hall–Kier alpha value is -1.72. The molecule has 2 rings (SSSR count). The Labute approximate surface area is 122 Å². The van der Waals surface area contributed by atoms with Crippen LogP contribution in [0.15, 0.2) is 18.2 Å². The number of nitro benzene ring substituents is 1. The molecule has 1 fully saturated rings. The van der Waals surface area contributed by atoms with E-state index in [4.69, 9.17) is 0 Å². The maximum absolute atomic E-state index is 13.1. The highest BCUT2D eigenvalue weighted by molar-refractivity contribution is 5.57. The summed E-state index contributed by atoms with van der Waals surface area (Å²) in [6.07, 6.45) is 2.49. The van der Waals surface area contributed by atoms with Gasteiger partial charge in [-0.15, -0.1) is 0 Å². The normalized spacial score (nSPS) is 22.9. The standard InChI is InChI=1S/C15H20F2N2O2/c1-10-3-2-4-11(6-5-10)18-14-8-7-12(19(20)21)9-13(14)15(16)17/h7-11,15,18H,2-6H2,1H3. The second kappa shape index (κ2) is 6.83. The third-order valence-electron chi connectivity index (χ3n) is 4.10. The summed E-state index contributed by atoms with van der Waals surface area (Å²) in [5, 5.41) is 13.9. The highest BCUT2D eigenvalue weighted by Crippen LogP contribution is 2.33. The van der Waals surface area contributed by atoms with Crippen molar-refractivity contribution < 1.29 is 13.7 Å². The highest BCUT2D eigenvalue weighted by atomic mass is 19.3. The van der Waals surface area contributed by atoms with Crippen molar-refractivity contribution in [2.45, 2.75) is 51.5 Å². The molecule has 0 radical (unpaired) electrons. The van der Waals surface area contributed by atoms with E-state index < -0.39 is 11.3 Å². The van der Waals surface area contributed by atoms with E-state index >= 15 is 0 Å². The lowest BCUT2D eigenvalue weighted by Gasteiger charge is -2.20. The molecule has 0 aliphatic heterocycles. The van der Waals surface area contributed by atoms with Crippen LogP contribution in [0.2, 0.25) is 0 Å². The molecule has 21 heavy (non-hydrogen) atoms. The Morgan fingerprint density at radius 2 is 2.05 bits per heavy atom. The number of nitrogens with one attached hydrogen (secondary N) is 1. The number of anilines is 1. The van der Waals surface area contributed by atoms with Crippen molar-refractivity contribution in [1.29, 1.82) is 0 Å². The van der Waals surface area contributed by atoms with Gasteiger partial charge in [0.25, 0.3) is 12.1 Å². The molecule has 0 heterocycles. The molecule has 2 atom stereocenters. The minimum absolute atomic E-state index is 0.161. The van der Waals surface area contributed by atoms with Gasteiger partial charge in [0.2, 0.25) is 0 Å². The van der Waals surface area contributed by atoms with E-state index in [-0.39, 0.29) is 17.3 Å². The smallest absolute Gasteiger partial charge is 0.270 e. The summed E-state index contributed by atoms with van der Waals surface area (Å²) in [6, 6.07) is 3.79. The molecule has 0 aromatic heterocycles. The van der Waals surface area contributed by atoms with Crippen molar-refractivity contribution in [3.05, 3.63) is 33.9 Å². The van der Waals surface area contributed by atoms with Crippen LogP contribution in [-0.2, 0) is 0 Å². The van der Waals surface area contributed by atoms with Crippen LogP contribution in [0.25, 0.3) is 0 Å². The summed E-state index contributed by atoms with van der Waals surface area (Å²) in [4.78, 5) is 10.0. The zero-order valence-corrected chi connectivity index (χ0v) is 12.0. The molecule has 4 nitrogen and oxygen atoms in total. The molecule has 1 aliphatic rings. The predicted octanol–water partition coefficient (Wildman–Crippen LogP) is 4.91. The Morgan fingerprint density at radius 3 is 2.71 bits per heavy atom. The monoisotopic (exact) mass is 298 g/mol. The van der Waals surface area contributed by atoms with E-state index in [0.717, 1.165) is 31.7 Å². The average molecular weight is 298 g/mol. The van der Waals surface area contributed by atoms with E-state index in [1.165, 1.54) is 18.6 Å². The minimum atomic E-state index is -2.72. The fourth-order valence-electron chi connectivity index (χ4n) is 2.83. The molecule has 1 aromatic carbocycles. The second-order valence-electron chi connectivity index (χ2n) is 5.78. The molecule has 1 N–H and O–H groups in total. The van der Waals surface area contributed by atoms with Gasteiger partial charge in [-0.05, 0) is 31.2 Å². The molecule has 0 spiro atoms. The summed E-state index contributed by atoms with van der Waals surface area (Å²) < 4.78 is 26.2. The number of benzene rings is 1. The molecular weight excluding hydrogens is 278 g/mol. The number of nitrogens with zero attached hydrogens (tertiary/aromatic N) is 1. The molecule has 0 amide bonds. The number of hydrogen-bond acceptors (Lipinski definition) is 3. The molecule has 116 valence electrons. The van der Waals surface area contributed by atoms with Crippen LogP contribution in [0.4, 0.5) is 20.2 Å². The first kappa shape index (κ1) is 15.7. The highest BCUT2D eigenvalue weighted by Gasteiger charge is 2.21. The van der Waals surface area contributed by atoms with Crippen molar-refractivity contribution >= 4 is 11.4 Å². The SMILES string of the molecule is CC1CCCC(Nc2ccc([N+](=O)[O-])cc2C(F)F)CC1. The number of hydrogen-bond donors (Lipinski definition) is 1. The van der Waals surface area contributed by atoms with Crippen molar-refractivity contribution in [3.8, 4) is 0 Å². The molecule has 1 aliphatic carbocycles. The maximum atomic E-state index is 13.1. The van der Waals surface area contributed by atoms with E-state index in [0.29, 0.717) is 11.6 Å². The zero-order valence-electron chi connectivity index (χ0n) is 12.0. The van der Waals surface area contributed by atoms with Gasteiger partial charge < -0.3 is 5.32 Å². The van der Waals surface area contributed by atoms with Crippen LogP contribution in [0.1, 0.15) is 51.0 Å². The van der Waals surface area contributed by atoms with E-state index in [1.807, 2.05) is 0 Å². The van der Waals surface area contributed by atoms with E-state index in [2.05, 4.69) is 12.2 Å². The van der Waals surface area contributed by atoms with E-state index in [9.17, 15) is 18.9 Å². The average Bonchev–Trinajstić information content (AvgIpc) is 2.63. The number of non-ortho nitro benzene ring substituents is 1. The number of rotatable bonds is 4. The van der Waals surface area contributed by atoms with Crippen LogP contribution < -0.4 is 5.32 Å². The van der Waals surface area contributed by atoms with Gasteiger partial charge in [-0.1, -0.05) is 19.8 Å². The lowest BCUT2D eigenvalue weighted by molar-refractivity contribution is -0.385. The van der Waals surface area contributed by atoms with Crippen LogP contribution in [-0.4, -0.2) is 11.0 Å². The number of nitro groups is 1. The Morgan fingerprint density at radius 1 is 1.29 bits per heavy atom. The summed E-state index contributed by atoms with van der Waals surface area (Å²) in [5.41, 5.74) is -0.276. The predicted molar refractivity (Wildman–Crippen MR) is 77.7 cm³/mol. The second-order valence-corrected chi connectivity index (χ2v) is 5.78. The Kier molecular flexibility index (Phi) is 5.09. The molecule has 6 heteroatoms. The van der Waals surface area contributed by atoms with Crippen molar-refractivity contribution in [2.24, 2.45) is 5.92 Å². The summed E-state index contributed by atoms with van der Waals surface area (Å²) >= 11 is 0. The molecule has 1 aromatic rings. The maximum Gasteiger partial charge on any atom is 0.270 e. The van der Waals surface area contributed by atoms with Crippen LogP contribution >= 0.6 is 0 Å². The topological polar surface area (TPSA) is 55.2 Å². The van der Waals surface area contributed by atoms with Crippen molar-refractivity contribution in [2.75, 3.05) is 5.32 Å². The molecular formula is C15H20F2N2O2. The number of alkyl halides is 2. The van der Waals surface area contributed by atoms with Gasteiger partial charge in [0.1, 0.15) is 0 Å². The zero-order chi connectivity index (χ0) is 15.4. The fraction of sp³-hybridized carbons (Fsp3) is 0.600. The van der Waals surface area contributed by atoms with Gasteiger partial charge >= 0.3 is 0 Å². The summed E-state index contributed by atoms with van der Waals surface area (Å²) in [5.74, 6) is 0.670. The van der Waals surface area contributed by atoms with Gasteiger partial charge in [0.15, 0.2) is 0 Å². The van der Waals surface area contributed by atoms with Crippen molar-refractivity contribution in [1.82, 2.24) is 0 Å². The van der Waals surface area contributed by atoms with Gasteiger partial charge in [0.05, 0.1) is 4.92 Å².